The van der Waals surface area contributed by atoms with Crippen molar-refractivity contribution in [1.82, 2.24) is 4.98 Å². The number of pyridine rings is 1. The Labute approximate surface area is 168 Å². The van der Waals surface area contributed by atoms with Crippen molar-refractivity contribution in [3.63, 3.8) is 0 Å². The molecule has 0 spiro atoms. The molecule has 0 aliphatic rings. The summed E-state index contributed by atoms with van der Waals surface area (Å²) in [7, 11) is 0. The number of nitrogens with one attached hydrogen (secondary N) is 1. The van der Waals surface area contributed by atoms with E-state index in [0.717, 1.165) is 12.1 Å². The predicted molar refractivity (Wildman–Crippen MR) is 100 cm³/mol. The molecule has 0 aliphatic carbocycles. The number of carbonyl (C=O) groups is 2. The lowest BCUT2D eigenvalue weighted by Gasteiger charge is -2.11. The molecule has 0 bridgehead atoms. The molecule has 3 rings (SSSR count). The minimum absolute atomic E-state index is 0.274. The third kappa shape index (κ3) is 5.11. The van der Waals surface area contributed by atoms with E-state index in [9.17, 15) is 22.8 Å². The van der Waals surface area contributed by atoms with Crippen LogP contribution >= 0.6 is 11.6 Å². The first-order valence-electron chi connectivity index (χ1n) is 8.14. The van der Waals surface area contributed by atoms with Gasteiger partial charge in [-0.3, -0.25) is 14.6 Å². The topological polar surface area (TPSA) is 68.3 Å². The Morgan fingerprint density at radius 3 is 2.17 bits per heavy atom. The van der Waals surface area contributed by atoms with Gasteiger partial charge in [0.15, 0.2) is 0 Å². The Morgan fingerprint density at radius 1 is 0.931 bits per heavy atom. The van der Waals surface area contributed by atoms with Crippen molar-refractivity contribution in [3.05, 3.63) is 83.1 Å². The monoisotopic (exact) mass is 420 g/mol. The summed E-state index contributed by atoms with van der Waals surface area (Å²) in [5.74, 6) is -1.16. The van der Waals surface area contributed by atoms with Crippen LogP contribution in [0.15, 0.2) is 67.0 Å². The van der Waals surface area contributed by atoms with Crippen molar-refractivity contribution >= 4 is 29.0 Å². The van der Waals surface area contributed by atoms with Gasteiger partial charge in [-0.05, 0) is 54.6 Å². The zero-order valence-electron chi connectivity index (χ0n) is 14.5. The van der Waals surface area contributed by atoms with E-state index in [1.54, 1.807) is 36.7 Å². The highest BCUT2D eigenvalue weighted by molar-refractivity contribution is 6.46. The van der Waals surface area contributed by atoms with Crippen LogP contribution in [-0.2, 0) is 11.0 Å². The molecule has 2 aromatic carbocycles. The van der Waals surface area contributed by atoms with Crippen molar-refractivity contribution in [2.75, 3.05) is 5.32 Å². The van der Waals surface area contributed by atoms with Gasteiger partial charge in [-0.25, -0.2) is 0 Å². The van der Waals surface area contributed by atoms with E-state index in [1.807, 2.05) is 0 Å². The first-order valence-corrected chi connectivity index (χ1v) is 8.52. The van der Waals surface area contributed by atoms with Gasteiger partial charge >= 0.3 is 6.18 Å². The molecule has 148 valence electrons. The van der Waals surface area contributed by atoms with Crippen molar-refractivity contribution in [3.8, 4) is 11.5 Å². The third-order valence-corrected chi connectivity index (χ3v) is 4.07. The zero-order valence-corrected chi connectivity index (χ0v) is 15.3. The fourth-order valence-electron chi connectivity index (χ4n) is 2.35. The highest BCUT2D eigenvalue weighted by Gasteiger charge is 2.34. The van der Waals surface area contributed by atoms with Gasteiger partial charge in [0.05, 0.1) is 10.6 Å². The molecule has 1 N–H and O–H groups in total. The van der Waals surface area contributed by atoms with Gasteiger partial charge in [0.1, 0.15) is 11.5 Å². The van der Waals surface area contributed by atoms with E-state index >= 15 is 0 Å². The van der Waals surface area contributed by atoms with Crippen molar-refractivity contribution < 1.29 is 27.5 Å². The number of anilines is 1. The quantitative estimate of drug-likeness (QED) is 0.445. The summed E-state index contributed by atoms with van der Waals surface area (Å²) >= 11 is 5.52. The molecule has 1 amide bonds. The molecule has 0 atom stereocenters. The molecular weight excluding hydrogens is 409 g/mol. The van der Waals surface area contributed by atoms with Gasteiger partial charge in [0, 0.05) is 23.6 Å². The van der Waals surface area contributed by atoms with Crippen LogP contribution < -0.4 is 10.1 Å². The van der Waals surface area contributed by atoms with Gasteiger partial charge in [0.25, 0.3) is 11.7 Å². The maximum atomic E-state index is 12.9. The zero-order chi connectivity index (χ0) is 21.0. The minimum atomic E-state index is -4.74. The lowest BCUT2D eigenvalue weighted by Crippen LogP contribution is -2.23. The molecule has 0 saturated carbocycles. The van der Waals surface area contributed by atoms with Crippen LogP contribution in [0.1, 0.15) is 15.9 Å². The number of alkyl halides is 3. The number of aromatic nitrogens is 1. The van der Waals surface area contributed by atoms with Crippen LogP contribution in [0, 0.1) is 0 Å². The average molecular weight is 421 g/mol. The van der Waals surface area contributed by atoms with E-state index in [0.29, 0.717) is 17.6 Å². The highest BCUT2D eigenvalue weighted by atomic mass is 35.5. The van der Waals surface area contributed by atoms with E-state index in [4.69, 9.17) is 16.3 Å². The molecule has 0 aliphatic heterocycles. The Balaban J connectivity index is 1.69. The van der Waals surface area contributed by atoms with Crippen LogP contribution in [0.4, 0.5) is 18.9 Å². The fourth-order valence-corrected chi connectivity index (χ4v) is 2.58. The van der Waals surface area contributed by atoms with E-state index < -0.39 is 34.0 Å². The molecular formula is C20H12ClF3N2O3. The molecule has 3 aromatic rings. The number of halogens is 4. The molecule has 0 unspecified atom stereocenters. The summed E-state index contributed by atoms with van der Waals surface area (Å²) in [6.07, 6.45) is -1.61. The Hall–Kier alpha value is -3.39. The summed E-state index contributed by atoms with van der Waals surface area (Å²) in [4.78, 5) is 28.2. The second-order valence-corrected chi connectivity index (χ2v) is 6.19. The molecule has 9 heteroatoms. The van der Waals surface area contributed by atoms with Gasteiger partial charge in [-0.2, -0.15) is 13.2 Å². The second kappa shape index (κ2) is 8.32. The van der Waals surface area contributed by atoms with Gasteiger partial charge in [-0.1, -0.05) is 11.6 Å². The Kier molecular flexibility index (Phi) is 5.84. The van der Waals surface area contributed by atoms with E-state index in [2.05, 4.69) is 10.3 Å². The summed E-state index contributed by atoms with van der Waals surface area (Å²) in [6, 6.07) is 12.0. The lowest BCUT2D eigenvalue weighted by molar-refractivity contribution is -0.137. The number of benzene rings is 2. The third-order valence-electron chi connectivity index (χ3n) is 3.74. The number of ether oxygens (including phenoxy) is 1. The van der Waals surface area contributed by atoms with Gasteiger partial charge in [-0.15, -0.1) is 0 Å². The number of ketones is 1. The standard InChI is InChI=1S/C20H12ClF3N2O3/c21-17-6-1-12(11-16(17)20(22,23)24)18(27)19(28)26-13-2-4-14(5-3-13)29-15-7-9-25-10-8-15/h1-11H,(H,26,28). The van der Waals surface area contributed by atoms with Gasteiger partial charge in [0.2, 0.25) is 0 Å². The Morgan fingerprint density at radius 2 is 1.55 bits per heavy atom. The second-order valence-electron chi connectivity index (χ2n) is 5.78. The van der Waals surface area contributed by atoms with E-state index in [1.165, 1.54) is 12.1 Å². The SMILES string of the molecule is O=C(Nc1ccc(Oc2ccncc2)cc1)C(=O)c1ccc(Cl)c(C(F)(F)F)c1. The molecule has 1 aromatic heterocycles. The number of Topliss-reactive ketones (excluding diaryl/α,β-unsaturated/α-hetero) is 1. The van der Waals surface area contributed by atoms with Crippen LogP contribution in [0.2, 0.25) is 5.02 Å². The average Bonchev–Trinajstić information content (AvgIpc) is 2.69. The van der Waals surface area contributed by atoms with Crippen LogP contribution in [0.25, 0.3) is 0 Å². The molecule has 0 radical (unpaired) electrons. The number of hydrogen-bond acceptors (Lipinski definition) is 4. The number of rotatable bonds is 5. The summed E-state index contributed by atoms with van der Waals surface area (Å²) in [5, 5.41) is 1.78. The van der Waals surface area contributed by atoms with Crippen LogP contribution in [0.3, 0.4) is 0 Å². The van der Waals surface area contributed by atoms with Gasteiger partial charge < -0.3 is 10.1 Å². The summed E-state index contributed by atoms with van der Waals surface area (Å²) < 4.78 is 44.3. The number of carbonyl (C=O) groups excluding carboxylic acids is 2. The van der Waals surface area contributed by atoms with Crippen molar-refractivity contribution in [2.45, 2.75) is 6.18 Å². The molecule has 0 fully saturated rings. The number of nitrogens with zero attached hydrogens (tertiary/aromatic N) is 1. The fraction of sp³-hybridized carbons (Fsp3) is 0.0500. The molecule has 1 heterocycles. The first kappa shape index (κ1) is 20.3. The minimum Gasteiger partial charge on any atom is -0.457 e. The maximum Gasteiger partial charge on any atom is 0.417 e. The Bertz CT molecular complexity index is 1040. The number of hydrogen-bond donors (Lipinski definition) is 1. The first-order chi connectivity index (χ1) is 13.7. The molecule has 5 nitrogen and oxygen atoms in total. The van der Waals surface area contributed by atoms with E-state index in [-0.39, 0.29) is 5.69 Å². The lowest BCUT2D eigenvalue weighted by atomic mass is 10.1. The molecule has 29 heavy (non-hydrogen) atoms. The van der Waals surface area contributed by atoms with Crippen molar-refractivity contribution in [2.24, 2.45) is 0 Å². The maximum absolute atomic E-state index is 12.9. The largest absolute Gasteiger partial charge is 0.457 e. The van der Waals surface area contributed by atoms with Crippen molar-refractivity contribution in [1.29, 1.82) is 0 Å². The smallest absolute Gasteiger partial charge is 0.417 e. The summed E-state index contributed by atoms with van der Waals surface area (Å²) in [5.41, 5.74) is -1.33. The highest BCUT2D eigenvalue weighted by Crippen LogP contribution is 2.35. The van der Waals surface area contributed by atoms with Crippen LogP contribution in [0.5, 0.6) is 11.5 Å². The number of amides is 1. The summed E-state index contributed by atoms with van der Waals surface area (Å²) in [6.45, 7) is 0. The van der Waals surface area contributed by atoms with Crippen LogP contribution in [-0.4, -0.2) is 16.7 Å². The molecule has 0 saturated heterocycles. The normalized spacial score (nSPS) is 11.0. The predicted octanol–water partition coefficient (Wildman–Crippen LogP) is 5.37.